The van der Waals surface area contributed by atoms with Gasteiger partial charge in [-0.05, 0) is 30.7 Å². The molecule has 152 valence electrons. The van der Waals surface area contributed by atoms with E-state index < -0.39 is 17.7 Å². The molecule has 8 heteroatoms. The Morgan fingerprint density at radius 3 is 2.25 bits per heavy atom. The number of hydrogen-bond acceptors (Lipinski definition) is 3. The maximum atomic E-state index is 13.8. The summed E-state index contributed by atoms with van der Waals surface area (Å²) >= 11 is 0. The molecule has 1 aromatic rings. The molecule has 0 fully saturated rings. The number of anilines is 1. The molecule has 1 aromatic carbocycles. The van der Waals surface area contributed by atoms with Crippen LogP contribution in [0.25, 0.3) is 5.57 Å². The van der Waals surface area contributed by atoms with Crippen molar-refractivity contribution in [2.75, 3.05) is 12.4 Å². The number of rotatable bonds is 8. The number of allylic oxidation sites excluding steroid dienone is 6. The summed E-state index contributed by atoms with van der Waals surface area (Å²) in [6.45, 7) is 5.35. The van der Waals surface area contributed by atoms with E-state index in [4.69, 9.17) is 0 Å². The van der Waals surface area contributed by atoms with Crippen molar-refractivity contribution in [3.8, 4) is 0 Å². The summed E-state index contributed by atoms with van der Waals surface area (Å²) in [4.78, 5) is 10.7. The van der Waals surface area contributed by atoms with Gasteiger partial charge in [0.05, 0.1) is 5.57 Å². The molecule has 0 radical (unpaired) electrons. The zero-order valence-corrected chi connectivity index (χ0v) is 15.6. The van der Waals surface area contributed by atoms with Crippen LogP contribution in [0.4, 0.5) is 27.6 Å². The first kappa shape index (κ1) is 23.1. The van der Waals surface area contributed by atoms with Crippen LogP contribution in [0.3, 0.4) is 0 Å². The van der Waals surface area contributed by atoms with Crippen molar-refractivity contribution >= 4 is 17.5 Å². The zero-order valence-electron chi connectivity index (χ0n) is 15.6. The molecule has 0 saturated carbocycles. The normalized spacial score (nSPS) is 13.9. The summed E-state index contributed by atoms with van der Waals surface area (Å²) in [5, 5.41) is 5.51. The monoisotopic (exact) mass is 400 g/mol. The van der Waals surface area contributed by atoms with Crippen LogP contribution in [-0.2, 0) is 10.7 Å². The lowest BCUT2D eigenvalue weighted by atomic mass is 9.96. The molecule has 0 aliphatic carbocycles. The molecule has 0 spiro atoms. The van der Waals surface area contributed by atoms with E-state index >= 15 is 0 Å². The Morgan fingerprint density at radius 1 is 1.18 bits per heavy atom. The van der Waals surface area contributed by atoms with E-state index in [1.807, 2.05) is 0 Å². The molecule has 3 nitrogen and oxygen atoms in total. The highest BCUT2D eigenvalue weighted by Gasteiger charge is 2.32. The number of halogens is 5. The fourth-order valence-corrected chi connectivity index (χ4v) is 2.31. The number of carbonyl (C=O) groups is 1. The molecule has 0 atom stereocenters. The van der Waals surface area contributed by atoms with Crippen molar-refractivity contribution in [3.63, 3.8) is 0 Å². The van der Waals surface area contributed by atoms with Gasteiger partial charge in [-0.3, -0.25) is 4.79 Å². The van der Waals surface area contributed by atoms with Crippen LogP contribution in [0, 0.1) is 0 Å². The number of aldehydes is 1. The quantitative estimate of drug-likeness (QED) is 0.260. The van der Waals surface area contributed by atoms with Gasteiger partial charge in [-0.25, -0.2) is 8.78 Å². The molecule has 0 bridgehead atoms. The molecule has 0 aromatic heterocycles. The minimum atomic E-state index is -4.65. The second kappa shape index (κ2) is 9.34. The summed E-state index contributed by atoms with van der Waals surface area (Å²) < 4.78 is 66.9. The molecule has 0 saturated heterocycles. The van der Waals surface area contributed by atoms with Crippen molar-refractivity contribution in [1.29, 1.82) is 0 Å². The summed E-state index contributed by atoms with van der Waals surface area (Å²) in [7, 11) is 1.52. The summed E-state index contributed by atoms with van der Waals surface area (Å²) in [6, 6.07) is 3.59. The van der Waals surface area contributed by atoms with Gasteiger partial charge < -0.3 is 10.6 Å². The van der Waals surface area contributed by atoms with Crippen LogP contribution >= 0.6 is 0 Å². The van der Waals surface area contributed by atoms with Crippen LogP contribution in [0.15, 0.2) is 60.5 Å². The van der Waals surface area contributed by atoms with E-state index in [-0.39, 0.29) is 28.2 Å². The minimum absolute atomic E-state index is 0.0578. The molecule has 0 aliphatic heterocycles. The van der Waals surface area contributed by atoms with Crippen molar-refractivity contribution in [3.05, 3.63) is 71.6 Å². The first-order chi connectivity index (χ1) is 13.0. The highest BCUT2D eigenvalue weighted by Crippen LogP contribution is 2.36. The second-order valence-corrected chi connectivity index (χ2v) is 5.79. The molecule has 2 N–H and O–H groups in total. The largest absolute Gasteiger partial charge is 0.416 e. The highest BCUT2D eigenvalue weighted by molar-refractivity contribution is 5.84. The average molecular weight is 400 g/mol. The van der Waals surface area contributed by atoms with E-state index in [2.05, 4.69) is 17.2 Å². The van der Waals surface area contributed by atoms with Crippen LogP contribution in [-0.4, -0.2) is 19.5 Å². The lowest BCUT2D eigenvalue weighted by molar-refractivity contribution is -0.104. The summed E-state index contributed by atoms with van der Waals surface area (Å²) in [5.74, 6) is -2.95. The van der Waals surface area contributed by atoms with E-state index in [1.54, 1.807) is 0 Å². The van der Waals surface area contributed by atoms with Crippen molar-refractivity contribution in [1.82, 2.24) is 5.32 Å². The highest BCUT2D eigenvalue weighted by atomic mass is 19.4. The minimum Gasteiger partial charge on any atom is -0.375 e. The summed E-state index contributed by atoms with van der Waals surface area (Å²) in [5.41, 5.74) is -0.972. The lowest BCUT2D eigenvalue weighted by Gasteiger charge is -2.19. The smallest absolute Gasteiger partial charge is 0.375 e. The predicted octanol–water partition coefficient (Wildman–Crippen LogP) is 5.55. The maximum absolute atomic E-state index is 13.8. The first-order valence-corrected chi connectivity index (χ1v) is 8.18. The third-order valence-electron chi connectivity index (χ3n) is 3.78. The third kappa shape index (κ3) is 6.07. The average Bonchev–Trinajstić information content (AvgIpc) is 2.60. The van der Waals surface area contributed by atoms with Gasteiger partial charge in [0, 0.05) is 36.9 Å². The maximum Gasteiger partial charge on any atom is 0.416 e. The predicted molar refractivity (Wildman–Crippen MR) is 101 cm³/mol. The molecule has 0 aliphatic rings. The second-order valence-electron chi connectivity index (χ2n) is 5.79. The first-order valence-electron chi connectivity index (χ1n) is 8.18. The Kier molecular flexibility index (Phi) is 7.72. The Labute approximate surface area is 160 Å². The van der Waals surface area contributed by atoms with Crippen LogP contribution in [0.2, 0.25) is 0 Å². The van der Waals surface area contributed by atoms with Crippen molar-refractivity contribution in [2.24, 2.45) is 0 Å². The number of benzene rings is 1. The van der Waals surface area contributed by atoms with Crippen LogP contribution in [0.1, 0.15) is 25.0 Å². The van der Waals surface area contributed by atoms with Gasteiger partial charge in [-0.15, -0.1) is 0 Å². The van der Waals surface area contributed by atoms with Crippen LogP contribution < -0.4 is 10.6 Å². The van der Waals surface area contributed by atoms with Crippen molar-refractivity contribution < 1.29 is 26.7 Å². The van der Waals surface area contributed by atoms with E-state index in [9.17, 15) is 26.7 Å². The number of carbonyl (C=O) groups excluding carboxylic acids is 1. The van der Waals surface area contributed by atoms with E-state index in [1.165, 1.54) is 26.1 Å². The molecule has 0 amide bonds. The summed E-state index contributed by atoms with van der Waals surface area (Å²) in [6.07, 6.45) is -0.141. The van der Waals surface area contributed by atoms with Gasteiger partial charge in [-0.1, -0.05) is 24.8 Å². The zero-order chi connectivity index (χ0) is 21.5. The fraction of sp³-hybridized carbons (Fsp3) is 0.250. The van der Waals surface area contributed by atoms with Crippen molar-refractivity contribution in [2.45, 2.75) is 25.9 Å². The van der Waals surface area contributed by atoms with E-state index in [0.717, 1.165) is 24.3 Å². The van der Waals surface area contributed by atoms with Gasteiger partial charge in [-0.2, -0.15) is 13.2 Å². The van der Waals surface area contributed by atoms with Crippen LogP contribution in [0.5, 0.6) is 0 Å². The standard InChI is InChI=1S/C20H21F5N2O/c1-5-13(11-14(6-2)20(23,24)25)16-12-15(19(3,21)22)7-8-17(16)27-18(26-4)9-10-28/h5-12,26-27H,2H2,1,3-4H3/b13-5+,14-11+,18-9+. The molecule has 0 heterocycles. The Bertz CT molecular complexity index is 815. The molecule has 28 heavy (non-hydrogen) atoms. The number of alkyl halides is 5. The lowest BCUT2D eigenvalue weighted by Crippen LogP contribution is -2.16. The molecular formula is C20H21F5N2O. The SMILES string of the molecule is C=C/C(=C\C(=C/C)c1cc(C(C)(F)F)ccc1N/C(=C/C=O)NC)C(F)(F)F. The molecule has 0 unspecified atom stereocenters. The van der Waals surface area contributed by atoms with Gasteiger partial charge in [0.25, 0.3) is 5.92 Å². The Balaban J connectivity index is 3.66. The van der Waals surface area contributed by atoms with E-state index in [0.29, 0.717) is 19.3 Å². The Morgan fingerprint density at radius 2 is 1.82 bits per heavy atom. The van der Waals surface area contributed by atoms with Gasteiger partial charge in [0.1, 0.15) is 12.1 Å². The van der Waals surface area contributed by atoms with Gasteiger partial charge in [0.2, 0.25) is 0 Å². The number of nitrogens with one attached hydrogen (secondary N) is 2. The molecular weight excluding hydrogens is 379 g/mol. The van der Waals surface area contributed by atoms with Gasteiger partial charge in [0.15, 0.2) is 0 Å². The molecule has 1 rings (SSSR count). The third-order valence-corrected chi connectivity index (χ3v) is 3.78. The number of hydrogen-bond donors (Lipinski definition) is 2. The Hall–Kier alpha value is -2.90. The topological polar surface area (TPSA) is 41.1 Å². The fourth-order valence-electron chi connectivity index (χ4n) is 2.31. The van der Waals surface area contributed by atoms with Gasteiger partial charge >= 0.3 is 6.18 Å².